The van der Waals surface area contributed by atoms with E-state index in [0.29, 0.717) is 34.8 Å². The number of nitrogens with one attached hydrogen (secondary N) is 1. The molecular formula is C40H41N7O4Si. The molecule has 0 saturated carbocycles. The van der Waals surface area contributed by atoms with Crippen molar-refractivity contribution in [3.8, 4) is 11.6 Å². The second-order valence-electron chi connectivity index (χ2n) is 13.5. The SMILES string of the molecule is [C-]#[N+]c1ccc(C)c(-n2ncc3c(O[C@@H](COCCO[Si](c4ccccc4)(c4ccccc4)C(C)(C)C)C(=O)Nc4ccc(C)cn4)ncnc32)c1. The van der Waals surface area contributed by atoms with Gasteiger partial charge in [-0.15, -0.1) is 0 Å². The molecule has 0 bridgehead atoms. The highest BCUT2D eigenvalue weighted by molar-refractivity contribution is 6.99. The Hall–Kier alpha value is -5.74. The zero-order chi connectivity index (χ0) is 36.7. The molecule has 0 aliphatic rings. The largest absolute Gasteiger partial charge is 0.461 e. The first kappa shape index (κ1) is 36.1. The van der Waals surface area contributed by atoms with E-state index in [9.17, 15) is 4.79 Å². The van der Waals surface area contributed by atoms with Crippen molar-refractivity contribution in [1.29, 1.82) is 0 Å². The average Bonchev–Trinajstić information content (AvgIpc) is 3.59. The molecule has 0 fully saturated rings. The van der Waals surface area contributed by atoms with Crippen LogP contribution in [0.15, 0.2) is 110 Å². The number of ether oxygens (including phenoxy) is 2. The van der Waals surface area contributed by atoms with Crippen molar-refractivity contribution in [1.82, 2.24) is 24.7 Å². The number of rotatable bonds is 13. The van der Waals surface area contributed by atoms with E-state index in [2.05, 4.69) is 99.5 Å². The number of carbonyl (C=O) groups excluding carboxylic acids is 1. The van der Waals surface area contributed by atoms with Gasteiger partial charge < -0.3 is 19.2 Å². The van der Waals surface area contributed by atoms with Gasteiger partial charge in [-0.1, -0.05) is 99.6 Å². The smallest absolute Gasteiger partial charge is 0.269 e. The molecule has 1 N–H and O–H groups in total. The fourth-order valence-electron chi connectivity index (χ4n) is 6.24. The number of carbonyl (C=O) groups is 1. The lowest BCUT2D eigenvalue weighted by Crippen LogP contribution is -2.66. The van der Waals surface area contributed by atoms with Crippen LogP contribution in [0, 0.1) is 20.4 Å². The fraction of sp³-hybridized carbons (Fsp3) is 0.250. The van der Waals surface area contributed by atoms with Crippen molar-refractivity contribution < 1.29 is 18.7 Å². The molecule has 0 aliphatic heterocycles. The Morgan fingerprint density at radius 3 is 2.25 bits per heavy atom. The Morgan fingerprint density at radius 2 is 1.62 bits per heavy atom. The monoisotopic (exact) mass is 711 g/mol. The van der Waals surface area contributed by atoms with Crippen LogP contribution >= 0.6 is 0 Å². The molecule has 0 saturated heterocycles. The quantitative estimate of drug-likeness (QED) is 0.0837. The number of hydrogen-bond donors (Lipinski definition) is 1. The van der Waals surface area contributed by atoms with Crippen LogP contribution in [0.5, 0.6) is 5.88 Å². The van der Waals surface area contributed by atoms with Gasteiger partial charge in [-0.05, 0) is 52.5 Å². The Bertz CT molecular complexity index is 2140. The van der Waals surface area contributed by atoms with E-state index >= 15 is 0 Å². The van der Waals surface area contributed by atoms with Gasteiger partial charge >= 0.3 is 0 Å². The number of benzene rings is 3. The fourth-order valence-corrected chi connectivity index (χ4v) is 10.8. The van der Waals surface area contributed by atoms with Crippen LogP contribution in [-0.2, 0) is 14.0 Å². The number of anilines is 1. The van der Waals surface area contributed by atoms with Gasteiger partial charge in [0.25, 0.3) is 14.2 Å². The number of fused-ring (bicyclic) bond motifs is 1. The molecule has 0 spiro atoms. The number of hydrogen-bond acceptors (Lipinski definition) is 8. The van der Waals surface area contributed by atoms with Crippen LogP contribution in [-0.4, -0.2) is 64.9 Å². The van der Waals surface area contributed by atoms with Gasteiger partial charge in [0.05, 0.1) is 38.3 Å². The highest BCUT2D eigenvalue weighted by atomic mass is 28.4. The van der Waals surface area contributed by atoms with E-state index in [1.807, 2.05) is 38.1 Å². The molecule has 6 rings (SSSR count). The standard InChI is InChI=1S/C40H41N7O4Si/c1-28-17-20-36(42-24-28)46-38(48)35(51-39-33-25-45-47(37(33)43-27-44-39)34-23-30(41-6)19-18-29(34)2)26-49-21-22-50-52(40(3,4)5,31-13-9-7-10-14-31)32-15-11-8-12-16-32/h7-20,23-25,27,35H,21-22,26H2,1-5H3,(H,42,46,48)/t35-/m0/s1. The Kier molecular flexibility index (Phi) is 10.9. The summed E-state index contributed by atoms with van der Waals surface area (Å²) in [6.07, 6.45) is 3.52. The van der Waals surface area contributed by atoms with Crippen molar-refractivity contribution >= 4 is 47.1 Å². The molecule has 1 amide bonds. The topological polar surface area (TPSA) is 118 Å². The van der Waals surface area contributed by atoms with Gasteiger partial charge in [0.1, 0.15) is 17.5 Å². The van der Waals surface area contributed by atoms with Crippen molar-refractivity contribution in [2.45, 2.75) is 45.8 Å². The van der Waals surface area contributed by atoms with Gasteiger partial charge in [-0.25, -0.2) is 24.5 Å². The lowest BCUT2D eigenvalue weighted by molar-refractivity contribution is -0.125. The molecule has 3 aromatic heterocycles. The van der Waals surface area contributed by atoms with E-state index in [4.69, 9.17) is 20.5 Å². The number of nitrogens with zero attached hydrogens (tertiary/aromatic N) is 6. The predicted molar refractivity (Wildman–Crippen MR) is 204 cm³/mol. The molecule has 6 aromatic rings. The molecule has 52 heavy (non-hydrogen) atoms. The summed E-state index contributed by atoms with van der Waals surface area (Å²) in [6, 6.07) is 29.8. The number of pyridine rings is 1. The lowest BCUT2D eigenvalue weighted by atomic mass is 10.2. The number of aromatic nitrogens is 5. The third-order valence-corrected chi connectivity index (χ3v) is 13.9. The van der Waals surface area contributed by atoms with Crippen LogP contribution in [0.2, 0.25) is 5.04 Å². The van der Waals surface area contributed by atoms with E-state index in [0.717, 1.165) is 11.1 Å². The first-order valence-electron chi connectivity index (χ1n) is 17.0. The summed E-state index contributed by atoms with van der Waals surface area (Å²) < 4.78 is 21.1. The normalized spacial score (nSPS) is 12.3. The van der Waals surface area contributed by atoms with E-state index in [-0.39, 0.29) is 24.1 Å². The molecule has 3 aromatic carbocycles. The lowest BCUT2D eigenvalue weighted by Gasteiger charge is -2.43. The first-order valence-corrected chi connectivity index (χ1v) is 18.9. The van der Waals surface area contributed by atoms with Crippen LogP contribution < -0.4 is 20.4 Å². The molecule has 0 radical (unpaired) electrons. The van der Waals surface area contributed by atoms with E-state index in [1.54, 1.807) is 35.3 Å². The number of amides is 1. The Morgan fingerprint density at radius 1 is 0.904 bits per heavy atom. The summed E-state index contributed by atoms with van der Waals surface area (Å²) in [4.78, 5) is 30.5. The van der Waals surface area contributed by atoms with Crippen LogP contribution in [0.1, 0.15) is 31.9 Å². The number of aryl methyl sites for hydroxylation is 2. The summed E-state index contributed by atoms with van der Waals surface area (Å²) in [7, 11) is -2.77. The zero-order valence-electron chi connectivity index (χ0n) is 29.9. The minimum absolute atomic E-state index is 0.0897. The highest BCUT2D eigenvalue weighted by Gasteiger charge is 2.50. The maximum Gasteiger partial charge on any atom is 0.269 e. The second-order valence-corrected chi connectivity index (χ2v) is 17.8. The van der Waals surface area contributed by atoms with Crippen molar-refractivity contribution in [3.05, 3.63) is 132 Å². The van der Waals surface area contributed by atoms with Crippen LogP contribution in [0.4, 0.5) is 11.5 Å². The second kappa shape index (κ2) is 15.7. The summed E-state index contributed by atoms with van der Waals surface area (Å²) >= 11 is 0. The molecular weight excluding hydrogens is 671 g/mol. The molecule has 1 atom stereocenters. The van der Waals surface area contributed by atoms with E-state index in [1.165, 1.54) is 16.7 Å². The van der Waals surface area contributed by atoms with Gasteiger partial charge in [0.15, 0.2) is 11.3 Å². The molecule has 12 heteroatoms. The van der Waals surface area contributed by atoms with Crippen LogP contribution in [0.3, 0.4) is 0 Å². The summed E-state index contributed by atoms with van der Waals surface area (Å²) in [6.45, 7) is 18.4. The minimum atomic E-state index is -2.77. The maximum absolute atomic E-state index is 13.7. The van der Waals surface area contributed by atoms with Gasteiger partial charge in [-0.2, -0.15) is 5.10 Å². The average molecular weight is 712 g/mol. The summed E-state index contributed by atoms with van der Waals surface area (Å²) in [5.41, 5.74) is 3.53. The predicted octanol–water partition coefficient (Wildman–Crippen LogP) is 6.36. The van der Waals surface area contributed by atoms with Crippen molar-refractivity contribution in [2.24, 2.45) is 0 Å². The zero-order valence-corrected chi connectivity index (χ0v) is 30.9. The Balaban J connectivity index is 1.24. The molecule has 11 nitrogen and oxygen atoms in total. The third-order valence-electron chi connectivity index (χ3n) is 8.82. The Labute approximate surface area is 304 Å². The van der Waals surface area contributed by atoms with Crippen LogP contribution in [0.25, 0.3) is 21.6 Å². The molecule has 264 valence electrons. The molecule has 0 unspecified atom stereocenters. The summed E-state index contributed by atoms with van der Waals surface area (Å²) in [5.74, 6) is 0.0958. The van der Waals surface area contributed by atoms with Gasteiger partial charge in [-0.3, -0.25) is 4.79 Å². The molecule has 3 heterocycles. The van der Waals surface area contributed by atoms with Gasteiger partial charge in [0.2, 0.25) is 12.0 Å². The van der Waals surface area contributed by atoms with Gasteiger partial charge in [0, 0.05) is 6.20 Å². The molecule has 0 aliphatic carbocycles. The third kappa shape index (κ3) is 7.62. The minimum Gasteiger partial charge on any atom is -0.461 e. The van der Waals surface area contributed by atoms with Crippen molar-refractivity contribution in [2.75, 3.05) is 25.1 Å². The van der Waals surface area contributed by atoms with E-state index < -0.39 is 20.3 Å². The first-order chi connectivity index (χ1) is 25.1. The highest BCUT2D eigenvalue weighted by Crippen LogP contribution is 2.36. The van der Waals surface area contributed by atoms with Crippen molar-refractivity contribution in [3.63, 3.8) is 0 Å². The summed E-state index contributed by atoms with van der Waals surface area (Å²) in [5, 5.41) is 10.0. The maximum atomic E-state index is 13.7.